The first kappa shape index (κ1) is 62.9. The highest BCUT2D eigenvalue weighted by molar-refractivity contribution is 8.00. The van der Waals surface area contributed by atoms with Crippen molar-refractivity contribution in [2.75, 3.05) is 18.1 Å². The van der Waals surface area contributed by atoms with E-state index in [2.05, 4.69) is 58.9 Å². The molecule has 0 unspecified atom stereocenters. The highest BCUT2D eigenvalue weighted by Crippen LogP contribution is 2.50. The molecule has 7 aromatic rings. The third-order valence-corrected chi connectivity index (χ3v) is 17.3. The van der Waals surface area contributed by atoms with Crippen LogP contribution in [0.2, 0.25) is 0 Å². The monoisotopic (exact) mass is 1160 g/mol. The van der Waals surface area contributed by atoms with Crippen molar-refractivity contribution in [1.29, 1.82) is 0 Å². The summed E-state index contributed by atoms with van der Waals surface area (Å²) in [5.74, 6) is -3.36. The van der Waals surface area contributed by atoms with Crippen molar-refractivity contribution in [3.05, 3.63) is 276 Å². The first-order chi connectivity index (χ1) is 40.1. The molecule has 7 rings (SSSR count). The highest BCUT2D eigenvalue weighted by Gasteiger charge is 2.41. The van der Waals surface area contributed by atoms with Gasteiger partial charge in [0.15, 0.2) is 0 Å². The second-order valence-electron chi connectivity index (χ2n) is 20.3. The van der Waals surface area contributed by atoms with Crippen LogP contribution in [-0.4, -0.2) is 82.3 Å². The molecule has 0 aliphatic heterocycles. The van der Waals surface area contributed by atoms with E-state index in [1.807, 2.05) is 146 Å². The molecule has 3 amide bonds. The number of hydrogen-bond donors (Lipinski definition) is 5. The molecular weight excluding hydrogens is 1090 g/mol. The molecule has 0 fully saturated rings. The van der Waals surface area contributed by atoms with Crippen LogP contribution in [0.1, 0.15) is 77.6 Å². The number of carbonyl (C=O) groups is 4. The largest absolute Gasteiger partial charge is 0.461 e. The summed E-state index contributed by atoms with van der Waals surface area (Å²) in [6.07, 6.45) is -4.16. The minimum atomic E-state index is -4.83. The summed E-state index contributed by atoms with van der Waals surface area (Å²) in [5.41, 5.74) is 4.44. The molecule has 0 heterocycles. The number of ether oxygens (including phenoxy) is 1. The van der Waals surface area contributed by atoms with E-state index in [9.17, 15) is 37.8 Å². The van der Waals surface area contributed by atoms with Gasteiger partial charge in [0.1, 0.15) is 18.7 Å². The minimum Gasteiger partial charge on any atom is -0.461 e. The minimum absolute atomic E-state index is 0.0944. The number of amides is 3. The summed E-state index contributed by atoms with van der Waals surface area (Å²) in [5, 5.41) is 31.0. The Hall–Kier alpha value is -7.69. The van der Waals surface area contributed by atoms with Crippen LogP contribution in [0.15, 0.2) is 231 Å². The maximum absolute atomic E-state index is 15.0. The number of carbonyl (C=O) groups excluding carboxylic acids is 4. The van der Waals surface area contributed by atoms with Crippen LogP contribution in [0, 0.1) is 5.92 Å². The first-order valence-corrected chi connectivity index (χ1v) is 29.5. The molecule has 0 saturated carbocycles. The average molecular weight is 1160 g/mol. The van der Waals surface area contributed by atoms with Gasteiger partial charge in [-0.1, -0.05) is 239 Å². The van der Waals surface area contributed by atoms with Gasteiger partial charge < -0.3 is 30.9 Å². The first-order valence-electron chi connectivity index (χ1n) is 27.5. The van der Waals surface area contributed by atoms with E-state index in [1.165, 1.54) is 42.1 Å². The molecular formula is C68H70F3N3O7S2. The van der Waals surface area contributed by atoms with Crippen molar-refractivity contribution in [2.24, 2.45) is 5.92 Å². The Labute approximate surface area is 493 Å². The van der Waals surface area contributed by atoms with E-state index in [-0.39, 0.29) is 17.9 Å². The lowest BCUT2D eigenvalue weighted by molar-refractivity contribution is -0.146. The molecule has 5 atom stereocenters. The maximum atomic E-state index is 15.0. The van der Waals surface area contributed by atoms with Crippen LogP contribution in [0.25, 0.3) is 0 Å². The van der Waals surface area contributed by atoms with Crippen LogP contribution in [-0.2, 0) is 46.0 Å². The Morgan fingerprint density at radius 1 is 0.566 bits per heavy atom. The van der Waals surface area contributed by atoms with E-state index >= 15 is 4.79 Å². The number of halogens is 3. The van der Waals surface area contributed by atoms with E-state index < -0.39 is 100 Å². The predicted molar refractivity (Wildman–Crippen MR) is 325 cm³/mol. The Kier molecular flexibility index (Phi) is 23.2. The van der Waals surface area contributed by atoms with Gasteiger partial charge >= 0.3 is 12.1 Å². The number of aliphatic hydroxyl groups excluding tert-OH is 2. The fourth-order valence-corrected chi connectivity index (χ4v) is 13.2. The molecule has 5 N–H and O–H groups in total. The lowest BCUT2D eigenvalue weighted by Gasteiger charge is -2.37. The van der Waals surface area contributed by atoms with Crippen molar-refractivity contribution in [3.63, 3.8) is 0 Å². The molecule has 0 aromatic heterocycles. The molecule has 7 aromatic carbocycles. The summed E-state index contributed by atoms with van der Waals surface area (Å²) in [6.45, 7) is 6.93. The zero-order chi connectivity index (χ0) is 59.2. The molecule has 432 valence electrons. The van der Waals surface area contributed by atoms with Gasteiger partial charge in [0.25, 0.3) is 0 Å². The number of esters is 1. The van der Waals surface area contributed by atoms with Gasteiger partial charge in [-0.2, -0.15) is 13.2 Å². The maximum Gasteiger partial charge on any atom is 0.416 e. The Bertz CT molecular complexity index is 3000. The highest BCUT2D eigenvalue weighted by atomic mass is 32.2. The smallest absolute Gasteiger partial charge is 0.416 e. The predicted octanol–water partition coefficient (Wildman–Crippen LogP) is 12.0. The normalized spacial score (nSPS) is 13.7. The van der Waals surface area contributed by atoms with Gasteiger partial charge in [0.2, 0.25) is 17.7 Å². The molecule has 0 spiro atoms. The number of allylic oxidation sites excluding steroid dienone is 1. The third-order valence-electron chi connectivity index (χ3n) is 14.1. The van der Waals surface area contributed by atoms with Crippen LogP contribution >= 0.6 is 23.5 Å². The standard InChI is InChI=1S/C68H70F3N3O7S2/c1-4-42-81-62(78)46-60(76)63(48(2)3)74-65(80)59(47-83-67(53-34-17-8-18-35-53,54-36-19-9-20-37-54)55-38-21-10-22-39-55)73-64(79)58(44-49-27-23-24-41-57(49)68(69,70)71)72-61(77)45-56(75)40-25-26-43-82-66(50-28-11-5-12-29-50,51-30-13-6-14-31-51)52-32-15-7-16-33-52/h4-25,27-41,48,56,58-60,63,75-76H,1,26,42-47H2,2-3H3,(H,72,77)(H,73,79)(H,74,80)/t56-,58-,59-,60+,63-/m1/s1. The zero-order valence-corrected chi connectivity index (χ0v) is 48.0. The second-order valence-corrected chi connectivity index (χ2v) is 22.8. The number of benzene rings is 7. The summed E-state index contributed by atoms with van der Waals surface area (Å²) in [4.78, 5) is 56.8. The van der Waals surface area contributed by atoms with E-state index in [0.717, 1.165) is 39.4 Å². The number of hydrogen-bond acceptors (Lipinski definition) is 9. The Balaban J connectivity index is 1.17. The summed E-state index contributed by atoms with van der Waals surface area (Å²) in [6, 6.07) is 59.8. The number of nitrogens with one attached hydrogen (secondary N) is 3. The second kappa shape index (κ2) is 30.6. The number of aliphatic hydroxyl groups is 2. The van der Waals surface area contributed by atoms with Gasteiger partial charge in [-0.05, 0) is 63.1 Å². The molecule has 83 heavy (non-hydrogen) atoms. The number of alkyl halides is 3. The number of rotatable bonds is 29. The fourth-order valence-electron chi connectivity index (χ4n) is 10.1. The molecule has 0 aliphatic carbocycles. The quantitative estimate of drug-likeness (QED) is 0.0133. The van der Waals surface area contributed by atoms with Crippen molar-refractivity contribution in [3.8, 4) is 0 Å². The van der Waals surface area contributed by atoms with Gasteiger partial charge in [0.05, 0.1) is 46.1 Å². The molecule has 0 aliphatic rings. The van der Waals surface area contributed by atoms with Gasteiger partial charge in [-0.25, -0.2) is 0 Å². The molecule has 0 radical (unpaired) electrons. The lowest BCUT2D eigenvalue weighted by Crippen LogP contribution is -2.58. The van der Waals surface area contributed by atoms with Crippen molar-refractivity contribution in [1.82, 2.24) is 16.0 Å². The van der Waals surface area contributed by atoms with Crippen LogP contribution in [0.4, 0.5) is 13.2 Å². The van der Waals surface area contributed by atoms with E-state index in [0.29, 0.717) is 12.2 Å². The molecule has 10 nitrogen and oxygen atoms in total. The summed E-state index contributed by atoms with van der Waals surface area (Å²) < 4.78 is 47.4. The summed E-state index contributed by atoms with van der Waals surface area (Å²) >= 11 is 3.05. The Morgan fingerprint density at radius 3 is 1.42 bits per heavy atom. The van der Waals surface area contributed by atoms with Crippen LogP contribution in [0.3, 0.4) is 0 Å². The van der Waals surface area contributed by atoms with Crippen molar-refractivity contribution >= 4 is 47.2 Å². The molecule has 0 bridgehead atoms. The SMILES string of the molecule is C=CCOC(=O)C[C@H](O)[C@H](NC(=O)[C@@H](CSC(c1ccccc1)(c1ccccc1)c1ccccc1)NC(=O)[C@@H](Cc1ccccc1C(F)(F)F)NC(=O)C[C@H](O)C=CCCSC(c1ccccc1)(c1ccccc1)c1ccccc1)C(C)C. The van der Waals surface area contributed by atoms with Crippen molar-refractivity contribution < 1.29 is 47.3 Å². The number of thioether (sulfide) groups is 2. The van der Waals surface area contributed by atoms with E-state index in [1.54, 1.807) is 31.7 Å². The van der Waals surface area contributed by atoms with Gasteiger partial charge in [-0.3, -0.25) is 19.2 Å². The zero-order valence-electron chi connectivity index (χ0n) is 46.4. The molecule has 15 heteroatoms. The molecule has 0 saturated heterocycles. The van der Waals surface area contributed by atoms with Crippen LogP contribution < -0.4 is 16.0 Å². The fraction of sp³-hybridized carbons (Fsp3) is 0.265. The third kappa shape index (κ3) is 16.7. The van der Waals surface area contributed by atoms with Gasteiger partial charge in [0, 0.05) is 12.2 Å². The van der Waals surface area contributed by atoms with Crippen LogP contribution in [0.5, 0.6) is 0 Å². The van der Waals surface area contributed by atoms with E-state index in [4.69, 9.17) is 4.74 Å². The Morgan fingerprint density at radius 2 is 0.988 bits per heavy atom. The van der Waals surface area contributed by atoms with Gasteiger partial charge in [-0.15, -0.1) is 23.5 Å². The summed E-state index contributed by atoms with van der Waals surface area (Å²) in [7, 11) is 0. The topological polar surface area (TPSA) is 154 Å². The van der Waals surface area contributed by atoms with Crippen molar-refractivity contribution in [2.45, 2.75) is 85.5 Å². The average Bonchev–Trinajstić information content (AvgIpc) is 3.70. The lowest BCUT2D eigenvalue weighted by atomic mass is 9.84.